The third-order valence-electron chi connectivity index (χ3n) is 2.83. The van der Waals surface area contributed by atoms with Crippen LogP contribution >= 0.6 is 0 Å². The Balaban J connectivity index is 2.23. The number of anilines is 1. The minimum Gasteiger partial charge on any atom is -0.476 e. The van der Waals surface area contributed by atoms with Gasteiger partial charge in [-0.05, 0) is 19.2 Å². The number of aromatic nitrogens is 1. The lowest BCUT2D eigenvalue weighted by Gasteiger charge is -2.34. The van der Waals surface area contributed by atoms with E-state index < -0.39 is 5.97 Å². The molecule has 0 bridgehead atoms. The van der Waals surface area contributed by atoms with Crippen LogP contribution in [0, 0.1) is 0 Å². The first kappa shape index (κ1) is 10.9. The van der Waals surface area contributed by atoms with E-state index in [0.717, 1.165) is 31.9 Å². The first-order valence-corrected chi connectivity index (χ1v) is 5.30. The molecule has 1 aliphatic heterocycles. The van der Waals surface area contributed by atoms with Gasteiger partial charge in [-0.3, -0.25) is 0 Å². The second kappa shape index (κ2) is 4.49. The maximum Gasteiger partial charge on any atom is 0.356 e. The molecule has 0 aliphatic carbocycles. The predicted molar refractivity (Wildman–Crippen MR) is 60.9 cm³/mol. The van der Waals surface area contributed by atoms with Crippen molar-refractivity contribution in [1.82, 2.24) is 9.88 Å². The smallest absolute Gasteiger partial charge is 0.356 e. The summed E-state index contributed by atoms with van der Waals surface area (Å²) >= 11 is 0. The molecule has 0 saturated carbocycles. The highest BCUT2D eigenvalue weighted by atomic mass is 16.4. The lowest BCUT2D eigenvalue weighted by Crippen LogP contribution is -2.45. The highest BCUT2D eigenvalue weighted by molar-refractivity contribution is 5.92. The summed E-state index contributed by atoms with van der Waals surface area (Å²) < 4.78 is 0. The van der Waals surface area contributed by atoms with Gasteiger partial charge in [-0.2, -0.15) is 0 Å². The molecule has 1 fully saturated rings. The summed E-state index contributed by atoms with van der Waals surface area (Å²) in [4.78, 5) is 19.3. The quantitative estimate of drug-likeness (QED) is 0.789. The van der Waals surface area contributed by atoms with Crippen molar-refractivity contribution in [1.29, 1.82) is 0 Å². The summed E-state index contributed by atoms with van der Waals surface area (Å²) in [7, 11) is 2.07. The van der Waals surface area contributed by atoms with E-state index in [1.165, 1.54) is 6.20 Å². The van der Waals surface area contributed by atoms with Gasteiger partial charge in [0.15, 0.2) is 5.69 Å². The van der Waals surface area contributed by atoms with Crippen molar-refractivity contribution in [2.75, 3.05) is 38.1 Å². The van der Waals surface area contributed by atoms with Crippen molar-refractivity contribution < 1.29 is 9.90 Å². The van der Waals surface area contributed by atoms with Gasteiger partial charge in [-0.15, -0.1) is 0 Å². The van der Waals surface area contributed by atoms with Crippen molar-refractivity contribution in [3.63, 3.8) is 0 Å². The highest BCUT2D eigenvalue weighted by Crippen LogP contribution is 2.19. The van der Waals surface area contributed by atoms with Crippen LogP contribution in [0.25, 0.3) is 0 Å². The van der Waals surface area contributed by atoms with Crippen LogP contribution in [0.1, 0.15) is 10.5 Å². The van der Waals surface area contributed by atoms with Crippen molar-refractivity contribution in [3.8, 4) is 0 Å². The van der Waals surface area contributed by atoms with Gasteiger partial charge >= 0.3 is 5.97 Å². The lowest BCUT2D eigenvalue weighted by atomic mass is 10.2. The van der Waals surface area contributed by atoms with E-state index in [1.807, 2.05) is 6.07 Å². The van der Waals surface area contributed by atoms with Crippen molar-refractivity contribution in [2.24, 2.45) is 0 Å². The zero-order chi connectivity index (χ0) is 11.5. The number of carbonyl (C=O) groups is 1. The summed E-state index contributed by atoms with van der Waals surface area (Å²) in [6.07, 6.45) is 1.52. The summed E-state index contributed by atoms with van der Waals surface area (Å²) in [6.45, 7) is 3.60. The van der Waals surface area contributed by atoms with E-state index in [2.05, 4.69) is 21.8 Å². The molecule has 5 heteroatoms. The number of hydrogen-bond donors (Lipinski definition) is 1. The summed E-state index contributed by atoms with van der Waals surface area (Å²) in [5.74, 6) is -0.963. The monoisotopic (exact) mass is 221 g/mol. The van der Waals surface area contributed by atoms with Crippen LogP contribution in [0.5, 0.6) is 0 Å². The van der Waals surface area contributed by atoms with Crippen molar-refractivity contribution in [2.45, 2.75) is 0 Å². The zero-order valence-corrected chi connectivity index (χ0v) is 9.26. The van der Waals surface area contributed by atoms with Crippen LogP contribution in [-0.4, -0.2) is 54.2 Å². The maximum absolute atomic E-state index is 11.0. The number of rotatable bonds is 2. The molecule has 0 atom stereocenters. The van der Waals surface area contributed by atoms with Crippen molar-refractivity contribution in [3.05, 3.63) is 24.0 Å². The Morgan fingerprint density at radius 1 is 1.38 bits per heavy atom. The molecule has 2 heterocycles. The number of carboxylic acid groups (broad SMARTS) is 1. The van der Waals surface area contributed by atoms with E-state index in [0.29, 0.717) is 0 Å². The standard InChI is InChI=1S/C11H15N3O2/c1-13-5-7-14(8-6-13)9-3-2-4-12-10(9)11(15)16/h2-4H,5-8H2,1H3,(H,15,16). The summed E-state index contributed by atoms with van der Waals surface area (Å²) in [5.41, 5.74) is 0.871. The molecular formula is C11H15N3O2. The molecule has 16 heavy (non-hydrogen) atoms. The Kier molecular flexibility index (Phi) is 3.05. The first-order valence-electron chi connectivity index (χ1n) is 5.30. The molecule has 2 rings (SSSR count). The van der Waals surface area contributed by atoms with Gasteiger partial charge in [-0.25, -0.2) is 9.78 Å². The van der Waals surface area contributed by atoms with Crippen LogP contribution in [0.4, 0.5) is 5.69 Å². The lowest BCUT2D eigenvalue weighted by molar-refractivity contribution is 0.0691. The molecular weight excluding hydrogens is 206 g/mol. The number of carboxylic acids is 1. The van der Waals surface area contributed by atoms with E-state index >= 15 is 0 Å². The third-order valence-corrected chi connectivity index (χ3v) is 2.83. The zero-order valence-electron chi connectivity index (χ0n) is 9.26. The SMILES string of the molecule is CN1CCN(c2cccnc2C(=O)O)CC1. The molecule has 0 amide bonds. The highest BCUT2D eigenvalue weighted by Gasteiger charge is 2.20. The average Bonchev–Trinajstić information content (AvgIpc) is 2.30. The normalized spacial score (nSPS) is 17.4. The molecule has 1 aliphatic rings. The van der Waals surface area contributed by atoms with Gasteiger partial charge in [0.2, 0.25) is 0 Å². The number of likely N-dealkylation sites (N-methyl/N-ethyl adjacent to an activating group) is 1. The fourth-order valence-electron chi connectivity index (χ4n) is 1.86. The van der Waals surface area contributed by atoms with E-state index in [1.54, 1.807) is 6.07 Å². The van der Waals surface area contributed by atoms with Gasteiger partial charge in [0, 0.05) is 32.4 Å². The topological polar surface area (TPSA) is 56.7 Å². The maximum atomic E-state index is 11.0. The molecule has 0 radical (unpaired) electrons. The molecule has 0 aromatic carbocycles. The molecule has 1 aromatic rings. The Labute approximate surface area is 94.3 Å². The van der Waals surface area contributed by atoms with Crippen LogP contribution in [-0.2, 0) is 0 Å². The Hall–Kier alpha value is -1.62. The van der Waals surface area contributed by atoms with E-state index in [4.69, 9.17) is 5.11 Å². The Morgan fingerprint density at radius 3 is 2.69 bits per heavy atom. The molecule has 5 nitrogen and oxygen atoms in total. The average molecular weight is 221 g/mol. The fraction of sp³-hybridized carbons (Fsp3) is 0.455. The van der Waals surface area contributed by atoms with Crippen LogP contribution in [0.2, 0.25) is 0 Å². The molecule has 1 aromatic heterocycles. The number of pyridine rings is 1. The summed E-state index contributed by atoms with van der Waals surface area (Å²) in [6, 6.07) is 3.60. The molecule has 1 N–H and O–H groups in total. The predicted octanol–water partition coefficient (Wildman–Crippen LogP) is 0.532. The van der Waals surface area contributed by atoms with Gasteiger partial charge in [0.05, 0.1) is 5.69 Å². The van der Waals surface area contributed by atoms with Crippen LogP contribution in [0.15, 0.2) is 18.3 Å². The Morgan fingerprint density at radius 2 is 2.06 bits per heavy atom. The van der Waals surface area contributed by atoms with Crippen LogP contribution in [0.3, 0.4) is 0 Å². The molecule has 86 valence electrons. The van der Waals surface area contributed by atoms with E-state index in [-0.39, 0.29) is 5.69 Å². The van der Waals surface area contributed by atoms with Crippen LogP contribution < -0.4 is 4.90 Å². The van der Waals surface area contributed by atoms with Gasteiger partial charge < -0.3 is 14.9 Å². The molecule has 0 spiro atoms. The first-order chi connectivity index (χ1) is 7.68. The summed E-state index contributed by atoms with van der Waals surface area (Å²) in [5, 5.41) is 9.05. The second-order valence-corrected chi connectivity index (χ2v) is 3.97. The number of nitrogens with zero attached hydrogens (tertiary/aromatic N) is 3. The van der Waals surface area contributed by atoms with Gasteiger partial charge in [0.1, 0.15) is 0 Å². The second-order valence-electron chi connectivity index (χ2n) is 3.97. The molecule has 0 unspecified atom stereocenters. The minimum atomic E-state index is -0.963. The third kappa shape index (κ3) is 2.14. The minimum absolute atomic E-state index is 0.145. The fourth-order valence-corrected chi connectivity index (χ4v) is 1.86. The van der Waals surface area contributed by atoms with Crippen molar-refractivity contribution >= 4 is 11.7 Å². The van der Waals surface area contributed by atoms with Gasteiger partial charge in [0.25, 0.3) is 0 Å². The Bertz CT molecular complexity index is 387. The molecule has 1 saturated heterocycles. The number of aromatic carboxylic acids is 1. The van der Waals surface area contributed by atoms with Gasteiger partial charge in [-0.1, -0.05) is 0 Å². The largest absolute Gasteiger partial charge is 0.476 e. The number of piperazine rings is 1. The van der Waals surface area contributed by atoms with E-state index in [9.17, 15) is 4.79 Å². The number of hydrogen-bond acceptors (Lipinski definition) is 4.